The molecule has 6 heteroatoms. The van der Waals surface area contributed by atoms with Crippen LogP contribution < -0.4 is 0 Å². The molecule has 0 aliphatic heterocycles. The molecule has 1 aromatic heterocycles. The molecule has 5 nitrogen and oxygen atoms in total. The molecular formula is C29H16FN5. The number of halogens is 1. The molecule has 4 aromatic carbocycles. The van der Waals surface area contributed by atoms with Gasteiger partial charge in [0, 0.05) is 16.7 Å². The average molecular weight is 453 g/mol. The molecule has 0 saturated heterocycles. The van der Waals surface area contributed by atoms with Gasteiger partial charge in [0.05, 0.1) is 22.8 Å². The molecule has 0 atom stereocenters. The largest absolute Gasteiger partial charge is 0.208 e. The first kappa shape index (κ1) is 21.6. The Bertz CT molecular complexity index is 1550. The van der Waals surface area contributed by atoms with Gasteiger partial charge in [-0.2, -0.15) is 10.5 Å². The molecule has 1 heterocycles. The zero-order valence-electron chi connectivity index (χ0n) is 18.4. The van der Waals surface area contributed by atoms with Crippen molar-refractivity contribution in [3.05, 3.63) is 114 Å². The minimum absolute atomic E-state index is 0.0328. The summed E-state index contributed by atoms with van der Waals surface area (Å²) in [5.74, 6) is -0.0200. The van der Waals surface area contributed by atoms with Gasteiger partial charge in [0.2, 0.25) is 0 Å². The van der Waals surface area contributed by atoms with Crippen LogP contribution in [0, 0.1) is 28.5 Å². The summed E-state index contributed by atoms with van der Waals surface area (Å²) in [6.07, 6.45) is 0. The lowest BCUT2D eigenvalue weighted by atomic mass is 9.92. The number of hydrogen-bond acceptors (Lipinski definition) is 5. The summed E-state index contributed by atoms with van der Waals surface area (Å²) < 4.78 is 15.9. The number of rotatable bonds is 4. The second-order valence-electron chi connectivity index (χ2n) is 7.66. The highest BCUT2D eigenvalue weighted by Gasteiger charge is 2.23. The van der Waals surface area contributed by atoms with E-state index in [0.29, 0.717) is 17.2 Å². The predicted octanol–water partition coefficient (Wildman–Crippen LogP) is 6.42. The van der Waals surface area contributed by atoms with E-state index in [-0.39, 0.29) is 28.1 Å². The maximum absolute atomic E-state index is 15.9. The molecule has 0 aliphatic carbocycles. The van der Waals surface area contributed by atoms with Crippen LogP contribution in [0.4, 0.5) is 4.39 Å². The van der Waals surface area contributed by atoms with Crippen molar-refractivity contribution in [2.75, 3.05) is 0 Å². The molecule has 0 aliphatic rings. The van der Waals surface area contributed by atoms with Crippen LogP contribution in [-0.4, -0.2) is 15.0 Å². The van der Waals surface area contributed by atoms with Crippen LogP contribution in [0.25, 0.3) is 45.3 Å². The van der Waals surface area contributed by atoms with E-state index in [1.54, 1.807) is 24.3 Å². The third kappa shape index (κ3) is 4.13. The maximum atomic E-state index is 15.9. The summed E-state index contributed by atoms with van der Waals surface area (Å²) in [7, 11) is 0. The fourth-order valence-corrected chi connectivity index (χ4v) is 3.85. The molecule has 0 amide bonds. The average Bonchev–Trinajstić information content (AvgIpc) is 2.94. The molecule has 164 valence electrons. The topological polar surface area (TPSA) is 86.2 Å². The van der Waals surface area contributed by atoms with Crippen LogP contribution in [0.3, 0.4) is 0 Å². The van der Waals surface area contributed by atoms with Gasteiger partial charge in [0.15, 0.2) is 23.3 Å². The van der Waals surface area contributed by atoms with Crippen LogP contribution in [0.1, 0.15) is 11.1 Å². The normalized spacial score (nSPS) is 10.4. The van der Waals surface area contributed by atoms with Gasteiger partial charge in [-0.3, -0.25) is 0 Å². The quantitative estimate of drug-likeness (QED) is 0.313. The lowest BCUT2D eigenvalue weighted by molar-refractivity contribution is 0.626. The fraction of sp³-hybridized carbons (Fsp3) is 0. The van der Waals surface area contributed by atoms with E-state index in [1.165, 1.54) is 6.07 Å². The van der Waals surface area contributed by atoms with Gasteiger partial charge in [-0.05, 0) is 11.6 Å². The maximum Gasteiger partial charge on any atom is 0.167 e. The standard InChI is InChI=1S/C29H16FN5/c30-26-23(16-22(17-31)25(24(26)18-32)19-10-4-1-5-11-19)29-34-27(20-12-6-2-7-13-20)33-28(35-29)21-14-8-3-9-15-21/h1-16H. The number of nitriles is 2. The molecule has 0 radical (unpaired) electrons. The van der Waals surface area contributed by atoms with Crippen molar-refractivity contribution in [3.8, 4) is 57.4 Å². The van der Waals surface area contributed by atoms with Gasteiger partial charge in [0.25, 0.3) is 0 Å². The van der Waals surface area contributed by atoms with Crippen molar-refractivity contribution < 1.29 is 4.39 Å². The lowest BCUT2D eigenvalue weighted by Gasteiger charge is -2.13. The van der Waals surface area contributed by atoms with E-state index in [2.05, 4.69) is 21.0 Å². The number of benzene rings is 4. The molecule has 0 fully saturated rings. The van der Waals surface area contributed by atoms with Crippen LogP contribution >= 0.6 is 0 Å². The van der Waals surface area contributed by atoms with Crippen LogP contribution in [0.2, 0.25) is 0 Å². The Kier molecular flexibility index (Phi) is 5.78. The van der Waals surface area contributed by atoms with Gasteiger partial charge >= 0.3 is 0 Å². The Hall–Kier alpha value is -5.20. The van der Waals surface area contributed by atoms with Crippen molar-refractivity contribution in [1.29, 1.82) is 10.5 Å². The minimum Gasteiger partial charge on any atom is -0.208 e. The highest BCUT2D eigenvalue weighted by Crippen LogP contribution is 2.35. The smallest absolute Gasteiger partial charge is 0.167 e. The Morgan fingerprint density at radius 2 is 1.03 bits per heavy atom. The SMILES string of the molecule is N#Cc1cc(-c2nc(-c3ccccc3)nc(-c3ccccc3)n2)c(F)c(C#N)c1-c1ccccc1. The van der Waals surface area contributed by atoms with Gasteiger partial charge in [-0.1, -0.05) is 91.0 Å². The van der Waals surface area contributed by atoms with E-state index in [0.717, 1.165) is 11.1 Å². The molecule has 0 unspecified atom stereocenters. The van der Waals surface area contributed by atoms with Crippen molar-refractivity contribution in [2.24, 2.45) is 0 Å². The molecule has 0 saturated carbocycles. The summed E-state index contributed by atoms with van der Waals surface area (Å²) in [4.78, 5) is 13.7. The lowest BCUT2D eigenvalue weighted by Crippen LogP contribution is -2.04. The monoisotopic (exact) mass is 453 g/mol. The van der Waals surface area contributed by atoms with Crippen LogP contribution in [-0.2, 0) is 0 Å². The summed E-state index contributed by atoms with van der Waals surface area (Å²) in [5, 5.41) is 19.8. The minimum atomic E-state index is -0.783. The Morgan fingerprint density at radius 3 is 1.49 bits per heavy atom. The van der Waals surface area contributed by atoms with Crippen LogP contribution in [0.5, 0.6) is 0 Å². The van der Waals surface area contributed by atoms with Crippen molar-refractivity contribution >= 4 is 0 Å². The second kappa shape index (κ2) is 9.35. The Morgan fingerprint density at radius 1 is 0.571 bits per heavy atom. The third-order valence-electron chi connectivity index (χ3n) is 5.50. The van der Waals surface area contributed by atoms with Gasteiger partial charge in [0.1, 0.15) is 6.07 Å². The number of nitrogens with zero attached hydrogens (tertiary/aromatic N) is 5. The Balaban J connectivity index is 1.79. The summed E-state index contributed by atoms with van der Waals surface area (Å²) >= 11 is 0. The first-order valence-corrected chi connectivity index (χ1v) is 10.8. The highest BCUT2D eigenvalue weighted by molar-refractivity contribution is 5.81. The van der Waals surface area contributed by atoms with E-state index in [1.807, 2.05) is 72.8 Å². The Labute approximate surface area is 201 Å². The van der Waals surface area contributed by atoms with E-state index in [9.17, 15) is 10.5 Å². The van der Waals surface area contributed by atoms with E-state index >= 15 is 4.39 Å². The van der Waals surface area contributed by atoms with Gasteiger partial charge in [-0.25, -0.2) is 19.3 Å². The van der Waals surface area contributed by atoms with E-state index < -0.39 is 5.82 Å². The number of hydrogen-bond donors (Lipinski definition) is 0. The van der Waals surface area contributed by atoms with Crippen molar-refractivity contribution in [1.82, 2.24) is 15.0 Å². The first-order chi connectivity index (χ1) is 17.2. The third-order valence-corrected chi connectivity index (χ3v) is 5.50. The molecule has 0 N–H and O–H groups in total. The van der Waals surface area contributed by atoms with Crippen molar-refractivity contribution in [3.63, 3.8) is 0 Å². The van der Waals surface area contributed by atoms with Gasteiger partial charge in [-0.15, -0.1) is 0 Å². The second-order valence-corrected chi connectivity index (χ2v) is 7.66. The van der Waals surface area contributed by atoms with Crippen molar-refractivity contribution in [2.45, 2.75) is 0 Å². The zero-order valence-corrected chi connectivity index (χ0v) is 18.4. The first-order valence-electron chi connectivity index (χ1n) is 10.8. The summed E-state index contributed by atoms with van der Waals surface area (Å²) in [6, 6.07) is 32.9. The summed E-state index contributed by atoms with van der Waals surface area (Å²) in [6.45, 7) is 0. The molecule has 5 aromatic rings. The predicted molar refractivity (Wildman–Crippen MR) is 131 cm³/mol. The highest BCUT2D eigenvalue weighted by atomic mass is 19.1. The summed E-state index contributed by atoms with van der Waals surface area (Å²) in [5.41, 5.74) is 2.19. The number of aromatic nitrogens is 3. The van der Waals surface area contributed by atoms with Crippen LogP contribution in [0.15, 0.2) is 97.1 Å². The van der Waals surface area contributed by atoms with Gasteiger partial charge < -0.3 is 0 Å². The van der Waals surface area contributed by atoms with E-state index in [4.69, 9.17) is 0 Å². The fourth-order valence-electron chi connectivity index (χ4n) is 3.85. The molecule has 0 bridgehead atoms. The molecule has 0 spiro atoms. The molecule has 5 rings (SSSR count). The zero-order chi connectivity index (χ0) is 24.2. The molecule has 35 heavy (non-hydrogen) atoms. The molecular weight excluding hydrogens is 437 g/mol.